The first-order valence-corrected chi connectivity index (χ1v) is 7.16. The Morgan fingerprint density at radius 1 is 1.30 bits per heavy atom. The molecule has 3 N–H and O–H groups in total. The van der Waals surface area contributed by atoms with Crippen molar-refractivity contribution in [1.29, 1.82) is 0 Å². The topological polar surface area (TPSA) is 89.9 Å². The highest BCUT2D eigenvalue weighted by molar-refractivity contribution is 5.85. The summed E-state index contributed by atoms with van der Waals surface area (Å²) >= 11 is 0. The lowest BCUT2D eigenvalue weighted by Gasteiger charge is -2.36. The van der Waals surface area contributed by atoms with Crippen molar-refractivity contribution in [3.8, 4) is 0 Å². The Morgan fingerprint density at radius 3 is 2.30 bits per heavy atom. The van der Waals surface area contributed by atoms with Gasteiger partial charge < -0.3 is 20.4 Å². The number of carboxylic acids is 1. The first-order chi connectivity index (χ1) is 9.23. The molecule has 0 aromatic heterocycles. The van der Waals surface area contributed by atoms with E-state index in [2.05, 4.69) is 10.2 Å². The van der Waals surface area contributed by atoms with E-state index in [1.165, 1.54) is 0 Å². The fourth-order valence-electron chi connectivity index (χ4n) is 2.51. The molecule has 1 atom stereocenters. The van der Waals surface area contributed by atoms with Crippen LogP contribution in [0.1, 0.15) is 39.5 Å². The quantitative estimate of drug-likeness (QED) is 0.659. The average molecular weight is 286 g/mol. The predicted octanol–water partition coefficient (Wildman–Crippen LogP) is 0.449. The number of piperidine rings is 1. The number of carboxylic acid groups (broad SMARTS) is 1. The van der Waals surface area contributed by atoms with Gasteiger partial charge in [0.1, 0.15) is 5.60 Å². The van der Waals surface area contributed by atoms with Gasteiger partial charge in [-0.2, -0.15) is 0 Å². The molecule has 1 aliphatic rings. The Balaban J connectivity index is 2.62. The lowest BCUT2D eigenvalue weighted by atomic mass is 9.89. The highest BCUT2D eigenvalue weighted by Gasteiger charge is 2.39. The van der Waals surface area contributed by atoms with Crippen LogP contribution >= 0.6 is 0 Å². The van der Waals surface area contributed by atoms with E-state index in [4.69, 9.17) is 5.11 Å². The number of carbonyl (C=O) groups is 2. The normalized spacial score (nSPS) is 20.6. The molecule has 6 nitrogen and oxygen atoms in total. The molecular weight excluding hydrogens is 260 g/mol. The third kappa shape index (κ3) is 5.09. The van der Waals surface area contributed by atoms with Crippen LogP contribution in [0.15, 0.2) is 0 Å². The van der Waals surface area contributed by atoms with Crippen LogP contribution in [0.4, 0.5) is 0 Å². The van der Waals surface area contributed by atoms with E-state index in [9.17, 15) is 14.7 Å². The fraction of sp³-hybridized carbons (Fsp3) is 0.857. The standard InChI is InChI=1S/C14H26N2O4/c1-10(2)8-11(9-12(17)18)15-13(19)14(20)4-6-16(3)7-5-14/h10-11,20H,4-9H2,1-3H3,(H,15,19)(H,17,18). The molecule has 6 heteroatoms. The molecule has 1 amide bonds. The molecule has 1 fully saturated rings. The fourth-order valence-corrected chi connectivity index (χ4v) is 2.51. The lowest BCUT2D eigenvalue weighted by molar-refractivity contribution is -0.146. The maximum absolute atomic E-state index is 12.2. The van der Waals surface area contributed by atoms with E-state index < -0.39 is 23.5 Å². The Hall–Kier alpha value is -1.14. The van der Waals surface area contributed by atoms with Gasteiger partial charge in [-0.3, -0.25) is 9.59 Å². The van der Waals surface area contributed by atoms with Crippen LogP contribution in [-0.4, -0.2) is 58.8 Å². The number of hydrogen-bond donors (Lipinski definition) is 3. The predicted molar refractivity (Wildman–Crippen MR) is 75.3 cm³/mol. The van der Waals surface area contributed by atoms with Gasteiger partial charge in [0.15, 0.2) is 0 Å². The minimum Gasteiger partial charge on any atom is -0.481 e. The molecule has 0 radical (unpaired) electrons. The van der Waals surface area contributed by atoms with Crippen molar-refractivity contribution in [3.05, 3.63) is 0 Å². The summed E-state index contributed by atoms with van der Waals surface area (Å²) in [6, 6.07) is -0.427. The Bertz CT molecular complexity index is 349. The lowest BCUT2D eigenvalue weighted by Crippen LogP contribution is -2.55. The van der Waals surface area contributed by atoms with Crippen molar-refractivity contribution in [2.75, 3.05) is 20.1 Å². The highest BCUT2D eigenvalue weighted by atomic mass is 16.4. The molecule has 0 aliphatic carbocycles. The molecule has 0 bridgehead atoms. The van der Waals surface area contributed by atoms with Crippen LogP contribution < -0.4 is 5.32 Å². The van der Waals surface area contributed by atoms with E-state index in [0.29, 0.717) is 32.4 Å². The molecule has 116 valence electrons. The Labute approximate surface area is 120 Å². The van der Waals surface area contributed by atoms with E-state index in [-0.39, 0.29) is 12.3 Å². The summed E-state index contributed by atoms with van der Waals surface area (Å²) in [4.78, 5) is 25.1. The second kappa shape index (κ2) is 7.04. The van der Waals surface area contributed by atoms with Gasteiger partial charge in [0, 0.05) is 19.1 Å². The van der Waals surface area contributed by atoms with Crippen LogP contribution in [0.3, 0.4) is 0 Å². The highest BCUT2D eigenvalue weighted by Crippen LogP contribution is 2.22. The van der Waals surface area contributed by atoms with Crippen LogP contribution in [0.2, 0.25) is 0 Å². The number of aliphatic hydroxyl groups is 1. The summed E-state index contributed by atoms with van der Waals surface area (Å²) in [7, 11) is 1.95. The van der Waals surface area contributed by atoms with Crippen molar-refractivity contribution in [3.63, 3.8) is 0 Å². The SMILES string of the molecule is CC(C)CC(CC(=O)O)NC(=O)C1(O)CCN(C)CC1. The van der Waals surface area contributed by atoms with Gasteiger partial charge in [-0.1, -0.05) is 13.8 Å². The molecule has 0 spiro atoms. The molecule has 0 saturated carbocycles. The summed E-state index contributed by atoms with van der Waals surface area (Å²) in [5.41, 5.74) is -1.36. The number of nitrogens with one attached hydrogen (secondary N) is 1. The van der Waals surface area contributed by atoms with E-state index >= 15 is 0 Å². The molecule has 1 aliphatic heterocycles. The van der Waals surface area contributed by atoms with E-state index in [0.717, 1.165) is 0 Å². The van der Waals surface area contributed by atoms with Crippen LogP contribution in [0.5, 0.6) is 0 Å². The summed E-state index contributed by atoms with van der Waals surface area (Å²) in [5.74, 6) is -1.09. The molecule has 1 rings (SSSR count). The van der Waals surface area contributed by atoms with Crippen LogP contribution in [-0.2, 0) is 9.59 Å². The Morgan fingerprint density at radius 2 is 1.85 bits per heavy atom. The summed E-state index contributed by atoms with van der Waals surface area (Å²) in [6.45, 7) is 5.28. The maximum Gasteiger partial charge on any atom is 0.305 e. The van der Waals surface area contributed by atoms with E-state index in [1.807, 2.05) is 20.9 Å². The van der Waals surface area contributed by atoms with Gasteiger partial charge in [-0.25, -0.2) is 0 Å². The largest absolute Gasteiger partial charge is 0.481 e. The first kappa shape index (κ1) is 16.9. The van der Waals surface area contributed by atoms with Crippen LogP contribution in [0, 0.1) is 5.92 Å². The third-order valence-corrected chi connectivity index (χ3v) is 3.75. The number of rotatable bonds is 6. The second-order valence-electron chi connectivity index (χ2n) is 6.23. The molecular formula is C14H26N2O4. The van der Waals surface area contributed by atoms with Gasteiger partial charge in [-0.05, 0) is 32.2 Å². The summed E-state index contributed by atoms with van der Waals surface area (Å²) < 4.78 is 0. The molecule has 1 saturated heterocycles. The monoisotopic (exact) mass is 286 g/mol. The molecule has 0 aromatic carbocycles. The summed E-state index contributed by atoms with van der Waals surface area (Å²) in [6.07, 6.45) is 1.25. The zero-order valence-corrected chi connectivity index (χ0v) is 12.6. The van der Waals surface area contributed by atoms with Crippen molar-refractivity contribution in [2.45, 2.75) is 51.2 Å². The number of aliphatic carboxylic acids is 1. The van der Waals surface area contributed by atoms with Crippen molar-refractivity contribution < 1.29 is 19.8 Å². The number of likely N-dealkylation sites (tertiary alicyclic amines) is 1. The van der Waals surface area contributed by atoms with Gasteiger partial charge >= 0.3 is 5.97 Å². The maximum atomic E-state index is 12.2. The zero-order valence-electron chi connectivity index (χ0n) is 12.6. The minimum absolute atomic E-state index is 0.111. The number of amides is 1. The zero-order chi connectivity index (χ0) is 15.3. The number of nitrogens with zero attached hydrogens (tertiary/aromatic N) is 1. The van der Waals surface area contributed by atoms with Gasteiger partial charge in [0.2, 0.25) is 0 Å². The van der Waals surface area contributed by atoms with Crippen molar-refractivity contribution >= 4 is 11.9 Å². The Kier molecular flexibility index (Phi) is 5.95. The molecule has 20 heavy (non-hydrogen) atoms. The average Bonchev–Trinajstić information content (AvgIpc) is 2.31. The number of hydrogen-bond acceptors (Lipinski definition) is 4. The smallest absolute Gasteiger partial charge is 0.305 e. The van der Waals surface area contributed by atoms with Crippen molar-refractivity contribution in [1.82, 2.24) is 10.2 Å². The third-order valence-electron chi connectivity index (χ3n) is 3.75. The molecule has 1 unspecified atom stereocenters. The first-order valence-electron chi connectivity index (χ1n) is 7.16. The second-order valence-corrected chi connectivity index (χ2v) is 6.23. The molecule has 0 aromatic rings. The van der Waals surface area contributed by atoms with E-state index in [1.54, 1.807) is 0 Å². The van der Waals surface area contributed by atoms with Crippen LogP contribution in [0.25, 0.3) is 0 Å². The van der Waals surface area contributed by atoms with Crippen molar-refractivity contribution in [2.24, 2.45) is 5.92 Å². The number of carbonyl (C=O) groups excluding carboxylic acids is 1. The minimum atomic E-state index is -1.36. The summed E-state index contributed by atoms with van der Waals surface area (Å²) in [5, 5.41) is 22.0. The van der Waals surface area contributed by atoms with Gasteiger partial charge in [-0.15, -0.1) is 0 Å². The van der Waals surface area contributed by atoms with Gasteiger partial charge in [0.05, 0.1) is 6.42 Å². The molecule has 1 heterocycles. The van der Waals surface area contributed by atoms with Gasteiger partial charge in [0.25, 0.3) is 5.91 Å².